The number of carbonyl (C=O) groups excluding carboxylic acids is 1. The summed E-state index contributed by atoms with van der Waals surface area (Å²) in [7, 11) is -4.02. The third-order valence-corrected chi connectivity index (χ3v) is 2.60. The molecular weight excluding hydrogens is 192 g/mol. The Hall–Kier alpha value is -0.680. The lowest BCUT2D eigenvalue weighted by atomic mass is 9.90. The molecule has 0 aliphatic rings. The standard InChI is InChI=1S/C8H14O4S/c1-4-7(9)5-8(2,3)6-13(10,11)12/h4H,1,5-6H2,2-3H3,(H,10,11,12). The fourth-order valence-corrected chi connectivity index (χ4v) is 2.18. The first kappa shape index (κ1) is 12.3. The molecule has 0 aromatic carbocycles. The second-order valence-electron chi connectivity index (χ2n) is 3.74. The maximum atomic E-state index is 10.9. The van der Waals surface area contributed by atoms with Gasteiger partial charge < -0.3 is 0 Å². The number of hydrogen-bond acceptors (Lipinski definition) is 3. The molecule has 0 heterocycles. The molecule has 0 amide bonds. The maximum absolute atomic E-state index is 10.9. The second kappa shape index (κ2) is 4.02. The Morgan fingerprint density at radius 3 is 2.31 bits per heavy atom. The van der Waals surface area contributed by atoms with Gasteiger partial charge in [0, 0.05) is 6.42 Å². The van der Waals surface area contributed by atoms with Gasteiger partial charge in [0.15, 0.2) is 5.78 Å². The van der Waals surface area contributed by atoms with E-state index in [1.807, 2.05) is 0 Å². The molecule has 0 aromatic heterocycles. The predicted octanol–water partition coefficient (Wildman–Crippen LogP) is 1.05. The van der Waals surface area contributed by atoms with Crippen molar-refractivity contribution in [2.45, 2.75) is 20.3 Å². The molecule has 1 N–H and O–H groups in total. The van der Waals surface area contributed by atoms with Crippen LogP contribution in [0.4, 0.5) is 0 Å². The molecule has 5 heteroatoms. The molecule has 4 nitrogen and oxygen atoms in total. The summed E-state index contributed by atoms with van der Waals surface area (Å²) in [5.74, 6) is -0.645. The summed E-state index contributed by atoms with van der Waals surface area (Å²) in [6.45, 7) is 6.48. The van der Waals surface area contributed by atoms with Gasteiger partial charge in [0.05, 0.1) is 5.75 Å². The van der Waals surface area contributed by atoms with E-state index in [0.717, 1.165) is 6.08 Å². The van der Waals surface area contributed by atoms with Gasteiger partial charge >= 0.3 is 0 Å². The minimum atomic E-state index is -4.02. The van der Waals surface area contributed by atoms with Crippen LogP contribution < -0.4 is 0 Å². The SMILES string of the molecule is C=CC(=O)CC(C)(C)CS(=O)(=O)O. The lowest BCUT2D eigenvalue weighted by Gasteiger charge is -2.20. The topological polar surface area (TPSA) is 71.4 Å². The summed E-state index contributed by atoms with van der Waals surface area (Å²) in [4.78, 5) is 10.9. The Kier molecular flexibility index (Phi) is 3.81. The highest BCUT2D eigenvalue weighted by atomic mass is 32.2. The molecule has 0 aromatic rings. The fourth-order valence-electron chi connectivity index (χ4n) is 1.09. The zero-order chi connectivity index (χ0) is 10.7. The Morgan fingerprint density at radius 1 is 1.54 bits per heavy atom. The minimum Gasteiger partial charge on any atom is -0.295 e. The molecule has 0 bridgehead atoms. The first-order valence-electron chi connectivity index (χ1n) is 3.77. The van der Waals surface area contributed by atoms with Gasteiger partial charge in [-0.3, -0.25) is 9.35 Å². The smallest absolute Gasteiger partial charge is 0.265 e. The van der Waals surface area contributed by atoms with Crippen molar-refractivity contribution in [2.75, 3.05) is 5.75 Å². The number of ketones is 1. The van der Waals surface area contributed by atoms with E-state index in [1.54, 1.807) is 13.8 Å². The Balaban J connectivity index is 4.41. The normalized spacial score (nSPS) is 12.5. The number of carbonyl (C=O) groups is 1. The van der Waals surface area contributed by atoms with Gasteiger partial charge in [-0.25, -0.2) is 0 Å². The van der Waals surface area contributed by atoms with Crippen LogP contribution >= 0.6 is 0 Å². The van der Waals surface area contributed by atoms with Gasteiger partial charge in [0.25, 0.3) is 10.1 Å². The van der Waals surface area contributed by atoms with Crippen LogP contribution in [-0.2, 0) is 14.9 Å². The van der Waals surface area contributed by atoms with Crippen molar-refractivity contribution in [3.63, 3.8) is 0 Å². The molecule has 0 saturated carbocycles. The van der Waals surface area contributed by atoms with E-state index in [4.69, 9.17) is 4.55 Å². The van der Waals surface area contributed by atoms with Gasteiger partial charge in [0.1, 0.15) is 0 Å². The van der Waals surface area contributed by atoms with Crippen LogP contribution in [0.15, 0.2) is 12.7 Å². The van der Waals surface area contributed by atoms with Crippen LogP contribution in [0.2, 0.25) is 0 Å². The van der Waals surface area contributed by atoms with Crippen LogP contribution in [0.5, 0.6) is 0 Å². The average Bonchev–Trinajstić information content (AvgIpc) is 1.80. The van der Waals surface area contributed by atoms with E-state index in [-0.39, 0.29) is 12.2 Å². The summed E-state index contributed by atoms with van der Waals surface area (Å²) in [5, 5.41) is 0. The second-order valence-corrected chi connectivity index (χ2v) is 5.19. The molecule has 0 aliphatic carbocycles. The largest absolute Gasteiger partial charge is 0.295 e. The van der Waals surface area contributed by atoms with Gasteiger partial charge in [-0.05, 0) is 11.5 Å². The molecule has 0 radical (unpaired) electrons. The van der Waals surface area contributed by atoms with Crippen molar-refractivity contribution in [2.24, 2.45) is 5.41 Å². The molecule has 0 fully saturated rings. The summed E-state index contributed by atoms with van der Waals surface area (Å²) < 4.78 is 29.6. The van der Waals surface area contributed by atoms with Crippen molar-refractivity contribution in [1.82, 2.24) is 0 Å². The quantitative estimate of drug-likeness (QED) is 0.539. The minimum absolute atomic E-state index is 0.0658. The van der Waals surface area contributed by atoms with Crippen LogP contribution in [-0.4, -0.2) is 24.5 Å². The van der Waals surface area contributed by atoms with Gasteiger partial charge in [-0.2, -0.15) is 8.42 Å². The number of hydrogen-bond donors (Lipinski definition) is 1. The van der Waals surface area contributed by atoms with Crippen molar-refractivity contribution in [1.29, 1.82) is 0 Å². The summed E-state index contributed by atoms with van der Waals surface area (Å²) in [6, 6.07) is 0. The van der Waals surface area contributed by atoms with Crippen LogP contribution in [0.25, 0.3) is 0 Å². The van der Waals surface area contributed by atoms with Crippen molar-refractivity contribution >= 4 is 15.9 Å². The van der Waals surface area contributed by atoms with Crippen molar-refractivity contribution in [3.05, 3.63) is 12.7 Å². The third-order valence-electron chi connectivity index (χ3n) is 1.45. The van der Waals surface area contributed by atoms with E-state index < -0.39 is 21.3 Å². The van der Waals surface area contributed by atoms with E-state index in [9.17, 15) is 13.2 Å². The zero-order valence-corrected chi connectivity index (χ0v) is 8.60. The molecule has 76 valence electrons. The lowest BCUT2D eigenvalue weighted by Crippen LogP contribution is -2.26. The summed E-state index contributed by atoms with van der Waals surface area (Å²) in [5.41, 5.74) is -0.751. The van der Waals surface area contributed by atoms with E-state index in [1.165, 1.54) is 0 Å². The van der Waals surface area contributed by atoms with Crippen molar-refractivity contribution < 1.29 is 17.8 Å². The number of rotatable bonds is 5. The maximum Gasteiger partial charge on any atom is 0.265 e. The van der Waals surface area contributed by atoms with Gasteiger partial charge in [0.2, 0.25) is 0 Å². The Morgan fingerprint density at radius 2 is 2.00 bits per heavy atom. The average molecular weight is 206 g/mol. The number of allylic oxidation sites excluding steroid dienone is 1. The molecular formula is C8H14O4S. The third kappa shape index (κ3) is 6.48. The van der Waals surface area contributed by atoms with E-state index in [2.05, 4.69) is 6.58 Å². The molecule has 0 atom stereocenters. The predicted molar refractivity (Wildman–Crippen MR) is 50.0 cm³/mol. The lowest BCUT2D eigenvalue weighted by molar-refractivity contribution is -0.116. The van der Waals surface area contributed by atoms with Crippen molar-refractivity contribution in [3.8, 4) is 0 Å². The first-order chi connectivity index (χ1) is 5.66. The van der Waals surface area contributed by atoms with Crippen LogP contribution in [0.3, 0.4) is 0 Å². The summed E-state index contributed by atoms with van der Waals surface area (Å²) >= 11 is 0. The van der Waals surface area contributed by atoms with Crippen LogP contribution in [0.1, 0.15) is 20.3 Å². The first-order valence-corrected chi connectivity index (χ1v) is 5.38. The van der Waals surface area contributed by atoms with E-state index >= 15 is 0 Å². The summed E-state index contributed by atoms with van der Waals surface area (Å²) in [6.07, 6.45) is 1.21. The monoisotopic (exact) mass is 206 g/mol. The van der Waals surface area contributed by atoms with E-state index in [0.29, 0.717) is 0 Å². The molecule has 0 unspecified atom stereocenters. The molecule has 0 aliphatic heterocycles. The Labute approximate surface area is 78.4 Å². The highest BCUT2D eigenvalue weighted by molar-refractivity contribution is 7.85. The highest BCUT2D eigenvalue weighted by Gasteiger charge is 2.26. The van der Waals surface area contributed by atoms with Gasteiger partial charge in [-0.1, -0.05) is 20.4 Å². The Bertz CT molecular complexity index is 300. The molecule has 0 spiro atoms. The molecule has 13 heavy (non-hydrogen) atoms. The molecule has 0 rings (SSSR count). The highest BCUT2D eigenvalue weighted by Crippen LogP contribution is 2.22. The van der Waals surface area contributed by atoms with Gasteiger partial charge in [-0.15, -0.1) is 0 Å². The zero-order valence-electron chi connectivity index (χ0n) is 7.78. The molecule has 0 saturated heterocycles. The fraction of sp³-hybridized carbons (Fsp3) is 0.625. The van der Waals surface area contributed by atoms with Crippen LogP contribution in [0, 0.1) is 5.41 Å².